The Morgan fingerprint density at radius 2 is 2.22 bits per heavy atom. The molecule has 0 saturated heterocycles. The van der Waals surface area contributed by atoms with Crippen LogP contribution in [-0.2, 0) is 4.79 Å². The molecule has 4 nitrogen and oxygen atoms in total. The van der Waals surface area contributed by atoms with Crippen LogP contribution in [0, 0.1) is 0 Å². The standard InChI is InChI=1S/C13H19BrN2O2/c1-9(16-7-6-13(17)15-2)10-4-5-12(18-3)11(14)8-10/h4-5,8-9,16H,6-7H2,1-3H3,(H,15,17). The number of halogens is 1. The third kappa shape index (κ3) is 4.31. The zero-order valence-corrected chi connectivity index (χ0v) is 12.5. The highest BCUT2D eigenvalue weighted by Gasteiger charge is 2.08. The molecule has 0 aliphatic rings. The molecule has 5 heteroatoms. The first kappa shape index (κ1) is 15.0. The molecule has 0 radical (unpaired) electrons. The van der Waals surface area contributed by atoms with Crippen LogP contribution in [0.1, 0.15) is 24.9 Å². The van der Waals surface area contributed by atoms with E-state index >= 15 is 0 Å². The molecule has 0 fully saturated rings. The summed E-state index contributed by atoms with van der Waals surface area (Å²) in [6.45, 7) is 2.72. The summed E-state index contributed by atoms with van der Waals surface area (Å²) in [4.78, 5) is 11.1. The van der Waals surface area contributed by atoms with E-state index in [0.717, 1.165) is 15.8 Å². The summed E-state index contributed by atoms with van der Waals surface area (Å²) in [6.07, 6.45) is 0.484. The van der Waals surface area contributed by atoms with Crippen LogP contribution in [0.4, 0.5) is 0 Å². The molecule has 2 N–H and O–H groups in total. The smallest absolute Gasteiger partial charge is 0.221 e. The fourth-order valence-corrected chi connectivity index (χ4v) is 2.16. The van der Waals surface area contributed by atoms with E-state index in [1.807, 2.05) is 18.2 Å². The van der Waals surface area contributed by atoms with Gasteiger partial charge in [-0.1, -0.05) is 6.07 Å². The van der Waals surface area contributed by atoms with Gasteiger partial charge in [0.1, 0.15) is 5.75 Å². The van der Waals surface area contributed by atoms with Gasteiger partial charge in [-0.3, -0.25) is 4.79 Å². The average Bonchev–Trinajstić information content (AvgIpc) is 2.38. The number of ether oxygens (including phenoxy) is 1. The van der Waals surface area contributed by atoms with E-state index in [-0.39, 0.29) is 11.9 Å². The molecule has 0 saturated carbocycles. The van der Waals surface area contributed by atoms with Gasteiger partial charge in [0.2, 0.25) is 5.91 Å². The lowest BCUT2D eigenvalue weighted by Gasteiger charge is -2.15. The number of rotatable bonds is 6. The molecule has 0 aliphatic carbocycles. The number of hydrogen-bond donors (Lipinski definition) is 2. The van der Waals surface area contributed by atoms with Gasteiger partial charge in [-0.15, -0.1) is 0 Å². The summed E-state index contributed by atoms with van der Waals surface area (Å²) in [5.41, 5.74) is 1.15. The maximum absolute atomic E-state index is 11.1. The van der Waals surface area contributed by atoms with Crippen LogP contribution in [0.15, 0.2) is 22.7 Å². The Kier molecular flexibility index (Phi) is 6.15. The van der Waals surface area contributed by atoms with Gasteiger partial charge >= 0.3 is 0 Å². The topological polar surface area (TPSA) is 50.4 Å². The van der Waals surface area contributed by atoms with Crippen molar-refractivity contribution >= 4 is 21.8 Å². The molecule has 1 rings (SSSR count). The van der Waals surface area contributed by atoms with Crippen molar-refractivity contribution in [3.8, 4) is 5.75 Å². The first-order chi connectivity index (χ1) is 8.58. The van der Waals surface area contributed by atoms with Crippen LogP contribution >= 0.6 is 15.9 Å². The average molecular weight is 315 g/mol. The summed E-state index contributed by atoms with van der Waals surface area (Å²) in [5.74, 6) is 0.863. The van der Waals surface area contributed by atoms with E-state index < -0.39 is 0 Å². The predicted molar refractivity (Wildman–Crippen MR) is 75.8 cm³/mol. The Labute approximate surface area is 116 Å². The molecule has 1 aromatic rings. The maximum Gasteiger partial charge on any atom is 0.221 e. The van der Waals surface area contributed by atoms with E-state index in [0.29, 0.717) is 13.0 Å². The van der Waals surface area contributed by atoms with Crippen molar-refractivity contribution in [3.05, 3.63) is 28.2 Å². The molecule has 0 aromatic heterocycles. The highest BCUT2D eigenvalue weighted by molar-refractivity contribution is 9.10. The first-order valence-corrected chi connectivity index (χ1v) is 6.65. The van der Waals surface area contributed by atoms with Crippen LogP contribution in [0.25, 0.3) is 0 Å². The molecule has 18 heavy (non-hydrogen) atoms. The van der Waals surface area contributed by atoms with Crippen LogP contribution in [0.5, 0.6) is 5.75 Å². The van der Waals surface area contributed by atoms with Crippen molar-refractivity contribution in [3.63, 3.8) is 0 Å². The molecule has 1 amide bonds. The highest BCUT2D eigenvalue weighted by atomic mass is 79.9. The van der Waals surface area contributed by atoms with Gasteiger partial charge in [-0.25, -0.2) is 0 Å². The van der Waals surface area contributed by atoms with Crippen LogP contribution in [-0.4, -0.2) is 26.6 Å². The number of hydrogen-bond acceptors (Lipinski definition) is 3. The fourth-order valence-electron chi connectivity index (χ4n) is 1.60. The molecular weight excluding hydrogens is 296 g/mol. The minimum absolute atomic E-state index is 0.0469. The van der Waals surface area contributed by atoms with Crippen LogP contribution in [0.2, 0.25) is 0 Å². The second kappa shape index (κ2) is 7.38. The van der Waals surface area contributed by atoms with E-state index in [1.165, 1.54) is 0 Å². The summed E-state index contributed by atoms with van der Waals surface area (Å²) < 4.78 is 6.12. The lowest BCUT2D eigenvalue weighted by atomic mass is 10.1. The maximum atomic E-state index is 11.1. The summed E-state index contributed by atoms with van der Waals surface area (Å²) in [6, 6.07) is 6.16. The molecule has 0 heterocycles. The molecule has 0 aliphatic heterocycles. The number of amides is 1. The van der Waals surface area contributed by atoms with Crippen LogP contribution in [0.3, 0.4) is 0 Å². The van der Waals surface area contributed by atoms with Crippen LogP contribution < -0.4 is 15.4 Å². The SMILES string of the molecule is CNC(=O)CCNC(C)c1ccc(OC)c(Br)c1. The molecule has 100 valence electrons. The lowest BCUT2D eigenvalue weighted by Crippen LogP contribution is -2.26. The largest absolute Gasteiger partial charge is 0.496 e. The summed E-state index contributed by atoms with van der Waals surface area (Å²) >= 11 is 3.46. The lowest BCUT2D eigenvalue weighted by molar-refractivity contribution is -0.120. The van der Waals surface area contributed by atoms with Gasteiger partial charge < -0.3 is 15.4 Å². The second-order valence-corrected chi connectivity index (χ2v) is 4.85. The fraction of sp³-hybridized carbons (Fsp3) is 0.462. The molecule has 1 atom stereocenters. The summed E-state index contributed by atoms with van der Waals surface area (Å²) in [7, 11) is 3.29. The van der Waals surface area contributed by atoms with Gasteiger partial charge in [0, 0.05) is 26.1 Å². The normalized spacial score (nSPS) is 12.0. The first-order valence-electron chi connectivity index (χ1n) is 5.86. The van der Waals surface area contributed by atoms with Gasteiger partial charge in [0.25, 0.3) is 0 Å². The van der Waals surface area contributed by atoms with Gasteiger partial charge in [-0.05, 0) is 40.5 Å². The monoisotopic (exact) mass is 314 g/mol. The second-order valence-electron chi connectivity index (χ2n) is 3.99. The van der Waals surface area contributed by atoms with E-state index in [2.05, 4.69) is 33.5 Å². The van der Waals surface area contributed by atoms with Crippen molar-refractivity contribution in [1.82, 2.24) is 10.6 Å². The molecule has 1 aromatic carbocycles. The molecular formula is C13H19BrN2O2. The van der Waals surface area contributed by atoms with Crippen molar-refractivity contribution < 1.29 is 9.53 Å². The minimum atomic E-state index is 0.0469. The van der Waals surface area contributed by atoms with Gasteiger partial charge in [0.15, 0.2) is 0 Å². The van der Waals surface area contributed by atoms with Gasteiger partial charge in [-0.2, -0.15) is 0 Å². The Morgan fingerprint density at radius 3 is 2.78 bits per heavy atom. The van der Waals surface area contributed by atoms with Gasteiger partial charge in [0.05, 0.1) is 11.6 Å². The van der Waals surface area contributed by atoms with E-state index in [9.17, 15) is 4.79 Å². The number of benzene rings is 1. The van der Waals surface area contributed by atoms with Crippen molar-refractivity contribution in [2.45, 2.75) is 19.4 Å². The highest BCUT2D eigenvalue weighted by Crippen LogP contribution is 2.27. The van der Waals surface area contributed by atoms with E-state index in [1.54, 1.807) is 14.2 Å². The van der Waals surface area contributed by atoms with Crippen molar-refractivity contribution in [1.29, 1.82) is 0 Å². The minimum Gasteiger partial charge on any atom is -0.496 e. The zero-order chi connectivity index (χ0) is 13.5. The third-order valence-electron chi connectivity index (χ3n) is 2.76. The number of carbonyl (C=O) groups excluding carboxylic acids is 1. The summed E-state index contributed by atoms with van der Waals surface area (Å²) in [5, 5.41) is 5.91. The molecule has 0 spiro atoms. The quantitative estimate of drug-likeness (QED) is 0.846. The Morgan fingerprint density at radius 1 is 1.50 bits per heavy atom. The number of nitrogens with one attached hydrogen (secondary N) is 2. The zero-order valence-electron chi connectivity index (χ0n) is 10.9. The number of methoxy groups -OCH3 is 1. The van der Waals surface area contributed by atoms with Crippen molar-refractivity contribution in [2.75, 3.05) is 20.7 Å². The third-order valence-corrected chi connectivity index (χ3v) is 3.38. The predicted octanol–water partition coefficient (Wildman–Crippen LogP) is 2.24. The van der Waals surface area contributed by atoms with Crippen molar-refractivity contribution in [2.24, 2.45) is 0 Å². The molecule has 1 unspecified atom stereocenters. The number of carbonyl (C=O) groups is 1. The Balaban J connectivity index is 2.53. The molecule has 0 bridgehead atoms. The Hall–Kier alpha value is -1.07. The van der Waals surface area contributed by atoms with E-state index in [4.69, 9.17) is 4.74 Å². The Bertz CT molecular complexity index is 410.